The summed E-state index contributed by atoms with van der Waals surface area (Å²) in [5.41, 5.74) is 0.793. The molecular formula is C16H16ClNO2S. The Morgan fingerprint density at radius 3 is 2.52 bits per heavy atom. The van der Waals surface area contributed by atoms with Crippen molar-refractivity contribution < 1.29 is 9.53 Å². The van der Waals surface area contributed by atoms with Crippen molar-refractivity contribution in [2.24, 2.45) is 0 Å². The van der Waals surface area contributed by atoms with Gasteiger partial charge in [0, 0.05) is 9.92 Å². The molecule has 0 aromatic heterocycles. The molecular weight excluding hydrogens is 306 g/mol. The SMILES string of the molecule is CSc1ccccc1NC(=O)[C@@H](C)Oc1ccc(Cl)cc1. The average molecular weight is 322 g/mol. The molecule has 2 aromatic rings. The van der Waals surface area contributed by atoms with Crippen LogP contribution in [0.5, 0.6) is 5.75 Å². The summed E-state index contributed by atoms with van der Waals surface area (Å²) >= 11 is 7.40. The zero-order chi connectivity index (χ0) is 15.2. The Hall–Kier alpha value is -1.65. The second kappa shape index (κ2) is 7.38. The molecule has 0 saturated carbocycles. The molecule has 0 spiro atoms. The lowest BCUT2D eigenvalue weighted by Crippen LogP contribution is -2.30. The van der Waals surface area contributed by atoms with Crippen molar-refractivity contribution in [3.8, 4) is 5.75 Å². The van der Waals surface area contributed by atoms with Gasteiger partial charge in [-0.15, -0.1) is 11.8 Å². The Morgan fingerprint density at radius 2 is 1.86 bits per heavy atom. The molecule has 1 atom stereocenters. The fourth-order valence-corrected chi connectivity index (χ4v) is 2.43. The van der Waals surface area contributed by atoms with Gasteiger partial charge in [-0.25, -0.2) is 0 Å². The number of hydrogen-bond acceptors (Lipinski definition) is 3. The lowest BCUT2D eigenvalue weighted by atomic mass is 10.3. The first kappa shape index (κ1) is 15.7. The lowest BCUT2D eigenvalue weighted by molar-refractivity contribution is -0.122. The van der Waals surface area contributed by atoms with E-state index in [-0.39, 0.29) is 5.91 Å². The summed E-state index contributed by atoms with van der Waals surface area (Å²) in [5, 5.41) is 3.51. The van der Waals surface area contributed by atoms with Gasteiger partial charge in [0.15, 0.2) is 6.10 Å². The molecule has 2 aromatic carbocycles. The Kier molecular flexibility index (Phi) is 5.53. The standard InChI is InChI=1S/C16H16ClNO2S/c1-11(20-13-9-7-12(17)8-10-13)16(19)18-14-5-3-4-6-15(14)21-2/h3-11H,1-2H3,(H,18,19)/t11-/m1/s1. The van der Waals surface area contributed by atoms with Gasteiger partial charge in [0.1, 0.15) is 5.75 Å². The van der Waals surface area contributed by atoms with E-state index < -0.39 is 6.10 Å². The highest BCUT2D eigenvalue weighted by atomic mass is 35.5. The summed E-state index contributed by atoms with van der Waals surface area (Å²) < 4.78 is 5.60. The van der Waals surface area contributed by atoms with Crippen molar-refractivity contribution in [3.05, 3.63) is 53.6 Å². The number of hydrogen-bond donors (Lipinski definition) is 1. The first-order valence-electron chi connectivity index (χ1n) is 6.46. The highest BCUT2D eigenvalue weighted by Crippen LogP contribution is 2.25. The highest BCUT2D eigenvalue weighted by Gasteiger charge is 2.16. The van der Waals surface area contributed by atoms with Gasteiger partial charge in [0.2, 0.25) is 0 Å². The van der Waals surface area contributed by atoms with E-state index in [1.54, 1.807) is 43.0 Å². The molecule has 5 heteroatoms. The maximum absolute atomic E-state index is 12.2. The van der Waals surface area contributed by atoms with E-state index in [2.05, 4.69) is 5.32 Å². The largest absolute Gasteiger partial charge is 0.481 e. The lowest BCUT2D eigenvalue weighted by Gasteiger charge is -2.16. The quantitative estimate of drug-likeness (QED) is 0.826. The van der Waals surface area contributed by atoms with Crippen LogP contribution in [0.4, 0.5) is 5.69 Å². The zero-order valence-electron chi connectivity index (χ0n) is 11.8. The van der Waals surface area contributed by atoms with E-state index in [0.29, 0.717) is 10.8 Å². The number of carbonyl (C=O) groups excluding carboxylic acids is 1. The molecule has 0 fully saturated rings. The molecule has 0 aliphatic heterocycles. The monoisotopic (exact) mass is 321 g/mol. The summed E-state index contributed by atoms with van der Waals surface area (Å²) in [5.74, 6) is 0.423. The number of thioether (sulfide) groups is 1. The van der Waals surface area contributed by atoms with Crippen LogP contribution in [0.15, 0.2) is 53.4 Å². The van der Waals surface area contributed by atoms with E-state index in [1.807, 2.05) is 30.5 Å². The van der Waals surface area contributed by atoms with Crippen molar-refractivity contribution in [1.82, 2.24) is 0 Å². The van der Waals surface area contributed by atoms with Crippen molar-refractivity contribution in [2.75, 3.05) is 11.6 Å². The van der Waals surface area contributed by atoms with Crippen LogP contribution in [0.1, 0.15) is 6.92 Å². The number of para-hydroxylation sites is 1. The van der Waals surface area contributed by atoms with E-state index in [9.17, 15) is 4.79 Å². The zero-order valence-corrected chi connectivity index (χ0v) is 13.4. The molecule has 0 aliphatic carbocycles. The number of carbonyl (C=O) groups is 1. The predicted molar refractivity (Wildman–Crippen MR) is 88.4 cm³/mol. The van der Waals surface area contributed by atoms with Gasteiger partial charge in [-0.3, -0.25) is 4.79 Å². The van der Waals surface area contributed by atoms with E-state index in [0.717, 1.165) is 10.6 Å². The molecule has 1 amide bonds. The Bertz CT molecular complexity index is 616. The van der Waals surface area contributed by atoms with Crippen LogP contribution in [-0.4, -0.2) is 18.3 Å². The summed E-state index contributed by atoms with van der Waals surface area (Å²) in [4.78, 5) is 13.2. The molecule has 0 heterocycles. The van der Waals surface area contributed by atoms with Crippen LogP contribution in [0.3, 0.4) is 0 Å². The fourth-order valence-electron chi connectivity index (χ4n) is 1.75. The van der Waals surface area contributed by atoms with Crippen LogP contribution >= 0.6 is 23.4 Å². The molecule has 0 radical (unpaired) electrons. The Labute approximate surface area is 133 Å². The number of benzene rings is 2. The smallest absolute Gasteiger partial charge is 0.265 e. The number of amides is 1. The minimum atomic E-state index is -0.596. The molecule has 3 nitrogen and oxygen atoms in total. The third-order valence-corrected chi connectivity index (χ3v) is 3.91. The Morgan fingerprint density at radius 1 is 1.19 bits per heavy atom. The second-order valence-electron chi connectivity index (χ2n) is 4.40. The summed E-state index contributed by atoms with van der Waals surface area (Å²) in [7, 11) is 0. The van der Waals surface area contributed by atoms with Crippen LogP contribution in [0, 0.1) is 0 Å². The van der Waals surface area contributed by atoms with E-state index in [1.165, 1.54) is 0 Å². The van der Waals surface area contributed by atoms with Crippen LogP contribution in [0.25, 0.3) is 0 Å². The maximum atomic E-state index is 12.2. The molecule has 0 saturated heterocycles. The van der Waals surface area contributed by atoms with Crippen molar-refractivity contribution >= 4 is 35.0 Å². The molecule has 21 heavy (non-hydrogen) atoms. The molecule has 0 bridgehead atoms. The third kappa shape index (κ3) is 4.41. The first-order chi connectivity index (χ1) is 10.1. The highest BCUT2D eigenvalue weighted by molar-refractivity contribution is 7.98. The van der Waals surface area contributed by atoms with Gasteiger partial charge < -0.3 is 10.1 Å². The van der Waals surface area contributed by atoms with E-state index >= 15 is 0 Å². The topological polar surface area (TPSA) is 38.3 Å². The summed E-state index contributed by atoms with van der Waals surface area (Å²) in [6.45, 7) is 1.71. The minimum absolute atomic E-state index is 0.188. The molecule has 110 valence electrons. The normalized spacial score (nSPS) is 11.8. The van der Waals surface area contributed by atoms with Gasteiger partial charge in [-0.2, -0.15) is 0 Å². The number of halogens is 1. The summed E-state index contributed by atoms with van der Waals surface area (Å²) in [6, 6.07) is 14.6. The van der Waals surface area contributed by atoms with Gasteiger partial charge in [0.25, 0.3) is 5.91 Å². The molecule has 0 aliphatic rings. The van der Waals surface area contributed by atoms with Crippen LogP contribution in [-0.2, 0) is 4.79 Å². The number of ether oxygens (including phenoxy) is 1. The minimum Gasteiger partial charge on any atom is -0.481 e. The van der Waals surface area contributed by atoms with Crippen molar-refractivity contribution in [3.63, 3.8) is 0 Å². The molecule has 2 rings (SSSR count). The first-order valence-corrected chi connectivity index (χ1v) is 8.06. The van der Waals surface area contributed by atoms with Gasteiger partial charge >= 0.3 is 0 Å². The summed E-state index contributed by atoms with van der Waals surface area (Å²) in [6.07, 6.45) is 1.37. The van der Waals surface area contributed by atoms with Gasteiger partial charge in [-0.1, -0.05) is 23.7 Å². The van der Waals surface area contributed by atoms with Gasteiger partial charge in [-0.05, 0) is 49.6 Å². The average Bonchev–Trinajstić information content (AvgIpc) is 2.50. The maximum Gasteiger partial charge on any atom is 0.265 e. The van der Waals surface area contributed by atoms with Gasteiger partial charge in [0.05, 0.1) is 5.69 Å². The van der Waals surface area contributed by atoms with Crippen molar-refractivity contribution in [1.29, 1.82) is 0 Å². The van der Waals surface area contributed by atoms with Crippen molar-refractivity contribution in [2.45, 2.75) is 17.9 Å². The van der Waals surface area contributed by atoms with Crippen LogP contribution < -0.4 is 10.1 Å². The molecule has 0 unspecified atom stereocenters. The fraction of sp³-hybridized carbons (Fsp3) is 0.188. The Balaban J connectivity index is 2.01. The number of nitrogens with one attached hydrogen (secondary N) is 1. The number of rotatable bonds is 5. The van der Waals surface area contributed by atoms with Crippen LogP contribution in [0.2, 0.25) is 5.02 Å². The third-order valence-electron chi connectivity index (χ3n) is 2.86. The van der Waals surface area contributed by atoms with E-state index in [4.69, 9.17) is 16.3 Å². The molecule has 1 N–H and O–H groups in total. The second-order valence-corrected chi connectivity index (χ2v) is 5.69. The predicted octanol–water partition coefficient (Wildman–Crippen LogP) is 4.47. The number of anilines is 1.